The highest BCUT2D eigenvalue weighted by Gasteiger charge is 2.26. The van der Waals surface area contributed by atoms with Crippen molar-refractivity contribution in [1.29, 1.82) is 21.0 Å². The molecule has 27 heteroatoms. The second-order valence-corrected chi connectivity index (χ2v) is 35.4. The minimum atomic E-state index is -0.847. The van der Waals surface area contributed by atoms with Gasteiger partial charge in [0.1, 0.15) is 48.6 Å². The van der Waals surface area contributed by atoms with Crippen LogP contribution in [0.4, 0.5) is 0 Å². The van der Waals surface area contributed by atoms with Gasteiger partial charge in [-0.3, -0.25) is 44.3 Å². The molecule has 8 heterocycles. The first-order valence-corrected chi connectivity index (χ1v) is 46.7. The number of halogens is 1. The molecule has 1 N–H and O–H groups in total. The van der Waals surface area contributed by atoms with E-state index in [9.17, 15) is 9.90 Å². The van der Waals surface area contributed by atoms with Crippen LogP contribution in [0.25, 0.3) is 43.6 Å². The van der Waals surface area contributed by atoms with Gasteiger partial charge in [-0.05, 0) is 176 Å². The zero-order valence-corrected chi connectivity index (χ0v) is 78.1. The molecule has 26 nitrogen and oxygen atoms in total. The molecule has 1 aliphatic carbocycles. The lowest BCUT2D eigenvalue weighted by atomic mass is 9.94. The number of fused-ring (bicyclic) bond motifs is 4. The summed E-state index contributed by atoms with van der Waals surface area (Å²) >= 11 is 3.52. The summed E-state index contributed by atoms with van der Waals surface area (Å²) in [6.07, 6.45) is 14.3. The van der Waals surface area contributed by atoms with Crippen LogP contribution >= 0.6 is 15.9 Å². The fourth-order valence-corrected chi connectivity index (χ4v) is 17.2. The molecule has 0 radical (unpaired) electrons. The maximum atomic E-state index is 11.2. The van der Waals surface area contributed by atoms with Gasteiger partial charge in [-0.1, -0.05) is 245 Å². The summed E-state index contributed by atoms with van der Waals surface area (Å²) in [7, 11) is 0. The largest absolute Gasteiger partial charge is 0.481 e. The second-order valence-electron chi connectivity index (χ2n) is 34.5. The Morgan fingerprint density at radius 1 is 0.371 bits per heavy atom. The van der Waals surface area contributed by atoms with E-state index in [4.69, 9.17) is 41.0 Å². The molecule has 19 rings (SSSR count). The molecule has 0 saturated heterocycles. The number of pyridine rings is 4. The third-order valence-corrected chi connectivity index (χ3v) is 24.9. The maximum absolute atomic E-state index is 11.2. The molecule has 18 aromatic rings. The van der Waals surface area contributed by atoms with Gasteiger partial charge in [0.25, 0.3) is 0 Å². The third-order valence-electron chi connectivity index (χ3n) is 24.4. The summed E-state index contributed by atoms with van der Waals surface area (Å²) in [6, 6.07) is 106. The number of nitriles is 4. The highest BCUT2D eigenvalue weighted by Crippen LogP contribution is 2.29. The lowest BCUT2D eigenvalue weighted by Gasteiger charge is -2.34. The fraction of sp³-hybridized carbons (Fsp3) is 0.248. The number of para-hydroxylation sites is 4. The van der Waals surface area contributed by atoms with Crippen molar-refractivity contribution in [3.8, 4) is 24.3 Å². The first-order valence-electron chi connectivity index (χ1n) is 45.9. The molecule has 8 aromatic heterocycles. The molecule has 0 aliphatic heterocycles. The van der Waals surface area contributed by atoms with Crippen LogP contribution in [0.3, 0.4) is 0 Å². The molecule has 140 heavy (non-hydrogen) atoms. The molecule has 1 saturated carbocycles. The van der Waals surface area contributed by atoms with Gasteiger partial charge >= 0.3 is 5.97 Å². The van der Waals surface area contributed by atoms with Crippen LogP contribution in [0.15, 0.2) is 321 Å². The Balaban J connectivity index is 0.000000156. The number of hydrogen-bond donors (Lipinski definition) is 1. The predicted molar refractivity (Wildman–Crippen MR) is 551 cm³/mol. The number of benzene rings is 10. The van der Waals surface area contributed by atoms with Crippen LogP contribution in [0.5, 0.6) is 0 Å². The number of rotatable bonds is 33. The van der Waals surface area contributed by atoms with E-state index in [1.807, 2.05) is 167 Å². The van der Waals surface area contributed by atoms with Crippen molar-refractivity contribution >= 4 is 65.5 Å². The fourth-order valence-electron chi connectivity index (χ4n) is 16.9. The zero-order valence-electron chi connectivity index (χ0n) is 76.5. The Bertz CT molecular complexity index is 7210. The van der Waals surface area contributed by atoms with Crippen LogP contribution in [-0.2, 0) is 96.3 Å². The van der Waals surface area contributed by atoms with Crippen molar-refractivity contribution in [3.05, 3.63) is 428 Å². The number of aliphatic carboxylic acids is 1. The monoisotopic (exact) mass is 1920 g/mol. The van der Waals surface area contributed by atoms with Gasteiger partial charge in [-0.2, -0.15) is 21.0 Å². The maximum Gasteiger partial charge on any atom is 0.304 e. The quantitative estimate of drug-likeness (QED) is 0.0399. The predicted octanol–water partition coefficient (Wildman–Crippen LogP) is 21.6. The lowest BCUT2D eigenvalue weighted by Crippen LogP contribution is -2.37. The number of hydrogen-bond acceptors (Lipinski definition) is 21. The molecule has 10 aromatic carbocycles. The Morgan fingerprint density at radius 3 is 1.08 bits per heavy atom. The van der Waals surface area contributed by atoms with Crippen LogP contribution in [0.1, 0.15) is 175 Å². The Labute approximate surface area is 827 Å². The number of aryl methyl sites for hydroxylation is 1. The highest BCUT2D eigenvalue weighted by molar-refractivity contribution is 9.10. The summed E-state index contributed by atoms with van der Waals surface area (Å²) in [5.74, 6) is 2.64. The van der Waals surface area contributed by atoms with E-state index in [-0.39, 0.29) is 34.7 Å². The minimum absolute atomic E-state index is 0. The topological polar surface area (TPSA) is 320 Å². The minimum Gasteiger partial charge on any atom is -0.481 e. The van der Waals surface area contributed by atoms with Gasteiger partial charge in [0.05, 0.1) is 150 Å². The molecule has 1 unspecified atom stereocenters. The summed E-state index contributed by atoms with van der Waals surface area (Å²) in [6.45, 7) is 13.2. The van der Waals surface area contributed by atoms with E-state index in [0.717, 1.165) is 137 Å². The summed E-state index contributed by atoms with van der Waals surface area (Å²) in [4.78, 5) is 40.0. The summed E-state index contributed by atoms with van der Waals surface area (Å²) in [5, 5.41) is 84.2. The molecular weight excluding hydrogens is 1810 g/mol. The van der Waals surface area contributed by atoms with Crippen LogP contribution in [-0.4, -0.2) is 128 Å². The van der Waals surface area contributed by atoms with Gasteiger partial charge in [0.2, 0.25) is 0 Å². The standard InChI is InChI=1S/C31H30N6.C28H23BrN6.C27H28N6.C24H22N6O2.3CH4/c1-23-7-9-25(10-8-23)17-24(2)36(20-29-16-15-28-5-3-4-6-30(28)34-29)21-31-35-33-22-37(31)19-27-13-11-26(18-32)12-14-27;29-25-12-9-22(10-13-25)16-34(18-26-14-11-24-3-1-2-4-27(24)32-26)19-28-33-31-20-35(28)17-23-7-5-21(15-30)6-8-23;28-16-21-10-12-22(13-11-21)17-33-20-29-31-27(33)19-32(25-7-2-1-3-8-25)18-24-15-14-23-6-4-5-9-26(23)30-24;25-13-18-5-7-19(8-6-18)14-30-17-26-28-23(30)16-29(12-11-24(31)32)15-21-10-9-20-3-1-2-4-22(20)27-21;;;/h3-16,22,24H,17,19-21H2,1-2H3;1-14,20H,16-19H2;4-6,9-15,20,25H,1-3,7-8,17-19H2;1-10,17H,11-12,14-16H2,(H,31,32);3*1H4. The summed E-state index contributed by atoms with van der Waals surface area (Å²) < 4.78 is 9.25. The molecule has 1 fully saturated rings. The Morgan fingerprint density at radius 2 is 0.700 bits per heavy atom. The van der Waals surface area contributed by atoms with E-state index in [1.54, 1.807) is 37.4 Å². The van der Waals surface area contributed by atoms with E-state index in [1.165, 1.54) is 54.2 Å². The van der Waals surface area contributed by atoms with Crippen molar-refractivity contribution in [2.24, 2.45) is 0 Å². The van der Waals surface area contributed by atoms with Gasteiger partial charge < -0.3 is 23.4 Å². The smallest absolute Gasteiger partial charge is 0.304 e. The van der Waals surface area contributed by atoms with E-state index < -0.39 is 5.97 Å². The zero-order chi connectivity index (χ0) is 94.4. The third kappa shape index (κ3) is 28.9. The van der Waals surface area contributed by atoms with Crippen molar-refractivity contribution in [2.75, 3.05) is 6.54 Å². The Hall–Kier alpha value is -15.9. The van der Waals surface area contributed by atoms with Crippen molar-refractivity contribution in [2.45, 2.75) is 178 Å². The first kappa shape index (κ1) is 102. The van der Waals surface area contributed by atoms with Gasteiger partial charge in [0, 0.05) is 77.4 Å². The average Bonchev–Trinajstić information content (AvgIpc) is 1.57. The van der Waals surface area contributed by atoms with Gasteiger partial charge in [-0.15, -0.1) is 40.8 Å². The van der Waals surface area contributed by atoms with Gasteiger partial charge in [-0.25, -0.2) is 0 Å². The van der Waals surface area contributed by atoms with Gasteiger partial charge in [0.15, 0.2) is 0 Å². The molecule has 0 bridgehead atoms. The number of aromatic nitrogens is 16. The number of nitrogens with zero attached hydrogens (tertiary/aromatic N) is 24. The van der Waals surface area contributed by atoms with Crippen LogP contribution < -0.4 is 0 Å². The normalized spacial score (nSPS) is 11.9. The van der Waals surface area contributed by atoms with Crippen LogP contribution in [0, 0.1) is 52.2 Å². The van der Waals surface area contributed by atoms with E-state index in [0.29, 0.717) is 100 Å². The first-order chi connectivity index (χ1) is 67.1. The molecule has 0 spiro atoms. The molecular formula is C113H115BrN24O2. The summed E-state index contributed by atoms with van der Waals surface area (Å²) in [5.41, 5.74) is 18.7. The van der Waals surface area contributed by atoms with Crippen LogP contribution in [0.2, 0.25) is 0 Å². The Kier molecular flexibility index (Phi) is 36.9. The molecule has 0 amide bonds. The van der Waals surface area contributed by atoms with Crippen molar-refractivity contribution < 1.29 is 9.90 Å². The van der Waals surface area contributed by atoms with E-state index >= 15 is 0 Å². The molecule has 706 valence electrons. The van der Waals surface area contributed by atoms with Crippen molar-refractivity contribution in [1.82, 2.24) is 98.6 Å². The number of carbonyl (C=O) groups is 1. The SMILES string of the molecule is C.C.C.Cc1ccc(CC(C)N(Cc2ccc3ccccc3n2)Cc2nncn2Cc2ccc(C#N)cc2)cc1.N#Cc1ccc(Cn2cnnc2CN(CCC(=O)O)Cc2ccc3ccccc3n2)cc1.N#Cc1ccc(Cn2cnnc2CN(Cc2ccc(Br)cc2)Cc2ccc3ccccc3n2)cc1.N#Cc1ccc(Cn2cnnc2CN(Cc2ccc3ccccc3n2)C2CCCCC2)cc1. The highest BCUT2D eigenvalue weighted by atomic mass is 79.9. The number of carboxylic acids is 1. The lowest BCUT2D eigenvalue weighted by molar-refractivity contribution is -0.137. The van der Waals surface area contributed by atoms with E-state index in [2.05, 4.69) is 245 Å². The second kappa shape index (κ2) is 50.8. The number of carboxylic acid groups (broad SMARTS) is 1. The molecule has 1 aliphatic rings. The average molecular weight is 1920 g/mol. The molecule has 1 atom stereocenters. The van der Waals surface area contributed by atoms with Crippen molar-refractivity contribution in [3.63, 3.8) is 0 Å².